The molecule has 0 saturated carbocycles. The van der Waals surface area contributed by atoms with E-state index >= 15 is 0 Å². The molecule has 29 heavy (non-hydrogen) atoms. The molecule has 0 aliphatic carbocycles. The molecule has 3 aromatic rings. The van der Waals surface area contributed by atoms with E-state index in [0.717, 1.165) is 34.2 Å². The van der Waals surface area contributed by atoms with Gasteiger partial charge in [-0.25, -0.2) is 4.98 Å². The quantitative estimate of drug-likeness (QED) is 0.538. The number of hydrogen-bond donors (Lipinski definition) is 1. The number of ether oxygens (including phenoxy) is 2. The van der Waals surface area contributed by atoms with E-state index in [4.69, 9.17) is 9.47 Å². The molecule has 0 bridgehead atoms. The fraction of sp³-hybridized carbons (Fsp3) is 0.364. The number of rotatable bonds is 8. The number of para-hydroxylation sites is 2. The van der Waals surface area contributed by atoms with Gasteiger partial charge >= 0.3 is 0 Å². The first kappa shape index (κ1) is 20.0. The van der Waals surface area contributed by atoms with Crippen LogP contribution in [0.3, 0.4) is 0 Å². The number of amides is 1. The Hall–Kier alpha value is -2.25. The number of nitrogens with one attached hydrogen (secondary N) is 1. The number of hydrogen-bond acceptors (Lipinski definition) is 6. The highest BCUT2D eigenvalue weighted by Gasteiger charge is 2.32. The number of aromatic nitrogens is 1. The molecule has 0 radical (unpaired) electrons. The molecule has 7 heteroatoms. The van der Waals surface area contributed by atoms with Gasteiger partial charge in [0.1, 0.15) is 17.2 Å². The van der Waals surface area contributed by atoms with E-state index in [0.29, 0.717) is 18.9 Å². The second-order valence-corrected chi connectivity index (χ2v) is 9.65. The molecule has 1 aliphatic rings. The van der Waals surface area contributed by atoms with E-state index in [1.54, 1.807) is 23.1 Å². The van der Waals surface area contributed by atoms with Crippen LogP contribution in [-0.4, -0.2) is 35.4 Å². The van der Waals surface area contributed by atoms with Crippen molar-refractivity contribution in [2.75, 3.05) is 18.9 Å². The number of thioether (sulfide) groups is 1. The minimum absolute atomic E-state index is 0.00962. The van der Waals surface area contributed by atoms with E-state index in [2.05, 4.69) is 36.3 Å². The zero-order chi connectivity index (χ0) is 20.3. The Labute approximate surface area is 178 Å². The predicted molar refractivity (Wildman–Crippen MR) is 119 cm³/mol. The maximum absolute atomic E-state index is 12.1. The van der Waals surface area contributed by atoms with Gasteiger partial charge in [-0.1, -0.05) is 24.3 Å². The van der Waals surface area contributed by atoms with Crippen molar-refractivity contribution in [3.05, 3.63) is 53.0 Å². The van der Waals surface area contributed by atoms with Crippen LogP contribution < -0.4 is 14.8 Å². The lowest BCUT2D eigenvalue weighted by Crippen LogP contribution is -2.29. The van der Waals surface area contributed by atoms with Gasteiger partial charge in [-0.15, -0.1) is 23.1 Å². The van der Waals surface area contributed by atoms with Crippen LogP contribution in [0.4, 0.5) is 0 Å². The van der Waals surface area contributed by atoms with E-state index in [1.807, 2.05) is 30.3 Å². The Morgan fingerprint density at radius 3 is 3.00 bits per heavy atom. The molecular weight excluding hydrogens is 404 g/mol. The standard InChI is InChI=1S/C22H24N2O3S2/c1-22(2)12-15-6-5-8-17(21(15)27-22)26-11-10-23-19(25)13-28-14-20-24-16-7-3-4-9-18(16)29-20/h3-9H,10-14H2,1-2H3,(H,23,25). The third kappa shape index (κ3) is 5.03. The van der Waals surface area contributed by atoms with E-state index in [9.17, 15) is 4.79 Å². The van der Waals surface area contributed by atoms with Crippen LogP contribution in [0, 0.1) is 0 Å². The average Bonchev–Trinajstić information content (AvgIpc) is 3.24. The van der Waals surface area contributed by atoms with Gasteiger partial charge in [0.05, 0.1) is 22.5 Å². The van der Waals surface area contributed by atoms with Gasteiger partial charge in [-0.3, -0.25) is 4.79 Å². The number of thiazole rings is 1. The van der Waals surface area contributed by atoms with Crippen LogP contribution in [0.25, 0.3) is 10.2 Å². The molecule has 1 aliphatic heterocycles. The summed E-state index contributed by atoms with van der Waals surface area (Å²) in [4.78, 5) is 16.7. The lowest BCUT2D eigenvalue weighted by atomic mass is 10.0. The Bertz CT molecular complexity index is 983. The first-order chi connectivity index (χ1) is 14.0. The number of benzene rings is 2. The van der Waals surface area contributed by atoms with Crippen LogP contribution in [0.5, 0.6) is 11.5 Å². The van der Waals surface area contributed by atoms with E-state index in [-0.39, 0.29) is 11.5 Å². The molecule has 0 saturated heterocycles. The molecule has 5 nitrogen and oxygen atoms in total. The molecule has 1 amide bonds. The van der Waals surface area contributed by atoms with Gasteiger partial charge in [0.2, 0.25) is 5.91 Å². The molecule has 1 N–H and O–H groups in total. The molecule has 4 rings (SSSR count). The van der Waals surface area contributed by atoms with Crippen LogP contribution >= 0.6 is 23.1 Å². The zero-order valence-electron chi connectivity index (χ0n) is 16.6. The molecule has 0 spiro atoms. The highest BCUT2D eigenvalue weighted by atomic mass is 32.2. The monoisotopic (exact) mass is 428 g/mol. The van der Waals surface area contributed by atoms with Crippen molar-refractivity contribution in [3.8, 4) is 11.5 Å². The molecule has 0 unspecified atom stereocenters. The van der Waals surface area contributed by atoms with Crippen molar-refractivity contribution in [1.82, 2.24) is 10.3 Å². The summed E-state index contributed by atoms with van der Waals surface area (Å²) in [5.41, 5.74) is 1.99. The van der Waals surface area contributed by atoms with E-state index < -0.39 is 0 Å². The summed E-state index contributed by atoms with van der Waals surface area (Å²) in [6.45, 7) is 5.02. The summed E-state index contributed by atoms with van der Waals surface area (Å²) in [6.07, 6.45) is 0.877. The summed E-state index contributed by atoms with van der Waals surface area (Å²) in [5, 5.41) is 3.96. The number of nitrogens with zero attached hydrogens (tertiary/aromatic N) is 1. The minimum Gasteiger partial charge on any atom is -0.488 e. The molecule has 1 aromatic heterocycles. The summed E-state index contributed by atoms with van der Waals surface area (Å²) < 4.78 is 13.0. The van der Waals surface area contributed by atoms with Gasteiger partial charge < -0.3 is 14.8 Å². The largest absolute Gasteiger partial charge is 0.488 e. The second-order valence-electron chi connectivity index (χ2n) is 7.55. The maximum Gasteiger partial charge on any atom is 0.230 e. The third-order valence-corrected chi connectivity index (χ3v) is 6.70. The van der Waals surface area contributed by atoms with Crippen LogP contribution in [-0.2, 0) is 17.0 Å². The fourth-order valence-electron chi connectivity index (χ4n) is 3.32. The summed E-state index contributed by atoms with van der Waals surface area (Å²) in [5.74, 6) is 2.73. The zero-order valence-corrected chi connectivity index (χ0v) is 18.2. The number of carbonyl (C=O) groups excluding carboxylic acids is 1. The van der Waals surface area contributed by atoms with Crippen molar-refractivity contribution >= 4 is 39.2 Å². The number of carbonyl (C=O) groups is 1. The van der Waals surface area contributed by atoms with Crippen molar-refractivity contribution in [2.24, 2.45) is 0 Å². The molecular formula is C22H24N2O3S2. The molecule has 152 valence electrons. The van der Waals surface area contributed by atoms with Crippen LogP contribution in [0.15, 0.2) is 42.5 Å². The van der Waals surface area contributed by atoms with Crippen LogP contribution in [0.2, 0.25) is 0 Å². The first-order valence-electron chi connectivity index (χ1n) is 9.63. The van der Waals surface area contributed by atoms with Crippen LogP contribution in [0.1, 0.15) is 24.4 Å². The Morgan fingerprint density at radius 1 is 1.28 bits per heavy atom. The third-order valence-electron chi connectivity index (χ3n) is 4.53. The second kappa shape index (κ2) is 8.63. The van der Waals surface area contributed by atoms with Gasteiger partial charge in [-0.05, 0) is 32.0 Å². The smallest absolute Gasteiger partial charge is 0.230 e. The van der Waals surface area contributed by atoms with Gasteiger partial charge in [0.15, 0.2) is 11.5 Å². The Balaban J connectivity index is 1.17. The first-order valence-corrected chi connectivity index (χ1v) is 11.6. The maximum atomic E-state index is 12.1. The molecule has 2 heterocycles. The Morgan fingerprint density at radius 2 is 2.14 bits per heavy atom. The summed E-state index contributed by atoms with van der Waals surface area (Å²) >= 11 is 3.26. The number of fused-ring (bicyclic) bond motifs is 2. The lowest BCUT2D eigenvalue weighted by Gasteiger charge is -2.18. The molecule has 0 fully saturated rings. The highest BCUT2D eigenvalue weighted by molar-refractivity contribution is 7.99. The molecule has 2 aromatic carbocycles. The topological polar surface area (TPSA) is 60.5 Å². The van der Waals surface area contributed by atoms with Crippen molar-refractivity contribution in [2.45, 2.75) is 31.6 Å². The lowest BCUT2D eigenvalue weighted by molar-refractivity contribution is -0.118. The van der Waals surface area contributed by atoms with Crippen molar-refractivity contribution in [1.29, 1.82) is 0 Å². The van der Waals surface area contributed by atoms with Gasteiger partial charge in [0.25, 0.3) is 0 Å². The fourth-order valence-corrected chi connectivity index (χ4v) is 5.19. The summed E-state index contributed by atoms with van der Waals surface area (Å²) in [6, 6.07) is 14.1. The minimum atomic E-state index is -0.198. The van der Waals surface area contributed by atoms with Gasteiger partial charge in [-0.2, -0.15) is 0 Å². The van der Waals surface area contributed by atoms with E-state index in [1.165, 1.54) is 10.3 Å². The SMILES string of the molecule is CC1(C)Cc2cccc(OCCNC(=O)CSCc3nc4ccccc4s3)c2O1. The van der Waals surface area contributed by atoms with Crippen molar-refractivity contribution < 1.29 is 14.3 Å². The predicted octanol–water partition coefficient (Wildman–Crippen LogP) is 4.44. The van der Waals surface area contributed by atoms with Gasteiger partial charge in [0, 0.05) is 17.7 Å². The average molecular weight is 429 g/mol. The highest BCUT2D eigenvalue weighted by Crippen LogP contribution is 2.41. The molecule has 0 atom stereocenters. The Kier molecular flexibility index (Phi) is 5.96. The summed E-state index contributed by atoms with van der Waals surface area (Å²) in [7, 11) is 0. The normalized spacial score (nSPS) is 14.4. The van der Waals surface area contributed by atoms with Crippen molar-refractivity contribution in [3.63, 3.8) is 0 Å².